The Morgan fingerprint density at radius 3 is 2.52 bits per heavy atom. The Balaban J connectivity index is 1.57. The number of benzene rings is 1. The third kappa shape index (κ3) is 3.87. The summed E-state index contributed by atoms with van der Waals surface area (Å²) in [6, 6.07) is 11.2. The second-order valence-electron chi connectivity index (χ2n) is 8.68. The summed E-state index contributed by atoms with van der Waals surface area (Å²) in [4.78, 5) is 19.2. The molecule has 156 valence electrons. The zero-order valence-corrected chi connectivity index (χ0v) is 18.5. The van der Waals surface area contributed by atoms with Crippen molar-refractivity contribution in [3.8, 4) is 10.4 Å². The normalized spacial score (nSPS) is 21.7. The zero-order valence-electron chi connectivity index (χ0n) is 17.7. The number of nitrogens with zero attached hydrogens (tertiary/aromatic N) is 2. The van der Waals surface area contributed by atoms with Gasteiger partial charge in [-0.2, -0.15) is 0 Å². The Morgan fingerprint density at radius 2 is 1.93 bits per heavy atom. The molecule has 5 nitrogen and oxygen atoms in total. The van der Waals surface area contributed by atoms with E-state index in [4.69, 9.17) is 5.73 Å². The lowest BCUT2D eigenvalue weighted by molar-refractivity contribution is 0.0795. The minimum atomic E-state index is 0.102. The minimum Gasteiger partial charge on any atom is -0.336 e. The molecule has 1 aromatic carbocycles. The van der Waals surface area contributed by atoms with Crippen LogP contribution >= 0.6 is 11.3 Å². The summed E-state index contributed by atoms with van der Waals surface area (Å²) < 4.78 is 0. The van der Waals surface area contributed by atoms with Crippen LogP contribution in [0.3, 0.4) is 0 Å². The molecule has 0 bridgehead atoms. The molecule has 0 radical (unpaired) electrons. The SMILES string of the molecule is Cc1cc(-c2ccc(C3(N(C)C)CCNCC3)cc2)sc1C(=O)N1CC[C@H](N)C1. The van der Waals surface area contributed by atoms with Crippen LogP contribution in [0.25, 0.3) is 10.4 Å². The highest BCUT2D eigenvalue weighted by atomic mass is 32.1. The number of nitrogens with two attached hydrogens (primary N) is 1. The number of thiophene rings is 1. The molecule has 0 unspecified atom stereocenters. The number of likely N-dealkylation sites (tertiary alicyclic amines) is 1. The summed E-state index contributed by atoms with van der Waals surface area (Å²) in [7, 11) is 4.37. The third-order valence-electron chi connectivity index (χ3n) is 6.62. The van der Waals surface area contributed by atoms with Gasteiger partial charge in [0.05, 0.1) is 4.88 Å². The van der Waals surface area contributed by atoms with Crippen LogP contribution in [0, 0.1) is 6.92 Å². The fourth-order valence-electron chi connectivity index (χ4n) is 4.73. The molecule has 0 spiro atoms. The number of hydrogen-bond acceptors (Lipinski definition) is 5. The highest BCUT2D eigenvalue weighted by Crippen LogP contribution is 2.38. The number of carbonyl (C=O) groups is 1. The van der Waals surface area contributed by atoms with Crippen molar-refractivity contribution in [1.29, 1.82) is 0 Å². The largest absolute Gasteiger partial charge is 0.336 e. The average molecular weight is 413 g/mol. The van der Waals surface area contributed by atoms with Crippen molar-refractivity contribution < 1.29 is 4.79 Å². The van der Waals surface area contributed by atoms with Crippen LogP contribution in [0.5, 0.6) is 0 Å². The Hall–Kier alpha value is -1.73. The van der Waals surface area contributed by atoms with E-state index in [1.165, 1.54) is 11.1 Å². The molecule has 4 rings (SSSR count). The van der Waals surface area contributed by atoms with Gasteiger partial charge in [0, 0.05) is 29.5 Å². The molecule has 29 heavy (non-hydrogen) atoms. The van der Waals surface area contributed by atoms with Crippen LogP contribution in [0.4, 0.5) is 0 Å². The van der Waals surface area contributed by atoms with Crippen molar-refractivity contribution in [2.24, 2.45) is 5.73 Å². The first-order valence-electron chi connectivity index (χ1n) is 10.5. The number of amides is 1. The van der Waals surface area contributed by atoms with Crippen molar-refractivity contribution in [3.05, 3.63) is 46.3 Å². The molecule has 2 aliphatic rings. The van der Waals surface area contributed by atoms with Crippen LogP contribution in [0.2, 0.25) is 0 Å². The number of piperidine rings is 1. The maximum atomic E-state index is 12.9. The molecule has 1 atom stereocenters. The van der Waals surface area contributed by atoms with E-state index in [0.717, 1.165) is 54.2 Å². The maximum absolute atomic E-state index is 12.9. The van der Waals surface area contributed by atoms with E-state index in [1.54, 1.807) is 11.3 Å². The standard InChI is InChI=1S/C23H32N4OS/c1-16-14-20(29-21(16)22(28)27-13-8-19(24)15-27)17-4-6-18(7-5-17)23(26(2)3)9-11-25-12-10-23/h4-7,14,19,25H,8-13,15,24H2,1-3H3/t19-/m0/s1. The molecule has 6 heteroatoms. The van der Waals surface area contributed by atoms with Gasteiger partial charge < -0.3 is 16.0 Å². The highest BCUT2D eigenvalue weighted by molar-refractivity contribution is 7.17. The Morgan fingerprint density at radius 1 is 1.24 bits per heavy atom. The summed E-state index contributed by atoms with van der Waals surface area (Å²) in [5.41, 5.74) is 9.71. The summed E-state index contributed by atoms with van der Waals surface area (Å²) in [6.45, 7) is 5.57. The fourth-order valence-corrected chi connectivity index (χ4v) is 5.88. The number of carbonyl (C=O) groups excluding carboxylic acids is 1. The lowest BCUT2D eigenvalue weighted by Gasteiger charge is -2.43. The summed E-state index contributed by atoms with van der Waals surface area (Å²) in [5, 5.41) is 3.48. The molecule has 3 N–H and O–H groups in total. The summed E-state index contributed by atoms with van der Waals surface area (Å²) >= 11 is 1.60. The second kappa shape index (κ2) is 8.19. The number of rotatable bonds is 4. The van der Waals surface area contributed by atoms with Crippen LogP contribution in [-0.4, -0.2) is 62.0 Å². The Bertz CT molecular complexity index is 868. The molecule has 2 aromatic rings. The van der Waals surface area contributed by atoms with E-state index in [-0.39, 0.29) is 17.5 Å². The lowest BCUT2D eigenvalue weighted by Crippen LogP contribution is -2.49. The van der Waals surface area contributed by atoms with Crippen molar-refractivity contribution in [2.75, 3.05) is 40.3 Å². The van der Waals surface area contributed by atoms with Crippen molar-refractivity contribution in [3.63, 3.8) is 0 Å². The molecule has 2 fully saturated rings. The van der Waals surface area contributed by atoms with Crippen molar-refractivity contribution >= 4 is 17.2 Å². The topological polar surface area (TPSA) is 61.6 Å². The highest BCUT2D eigenvalue weighted by Gasteiger charge is 2.36. The van der Waals surface area contributed by atoms with Gasteiger partial charge in [0.25, 0.3) is 5.91 Å². The minimum absolute atomic E-state index is 0.102. The Kier molecular flexibility index (Phi) is 5.80. The molecular formula is C23H32N4OS. The predicted molar refractivity (Wildman–Crippen MR) is 120 cm³/mol. The predicted octanol–water partition coefficient (Wildman–Crippen LogP) is 3.04. The van der Waals surface area contributed by atoms with E-state index < -0.39 is 0 Å². The van der Waals surface area contributed by atoms with Gasteiger partial charge in [-0.1, -0.05) is 24.3 Å². The van der Waals surface area contributed by atoms with Gasteiger partial charge in [-0.25, -0.2) is 0 Å². The van der Waals surface area contributed by atoms with E-state index >= 15 is 0 Å². The van der Waals surface area contributed by atoms with Gasteiger partial charge in [0.2, 0.25) is 0 Å². The maximum Gasteiger partial charge on any atom is 0.264 e. The molecule has 2 aliphatic heterocycles. The van der Waals surface area contributed by atoms with Gasteiger partial charge >= 0.3 is 0 Å². The molecule has 1 aromatic heterocycles. The smallest absolute Gasteiger partial charge is 0.264 e. The van der Waals surface area contributed by atoms with Gasteiger partial charge in [0.1, 0.15) is 0 Å². The van der Waals surface area contributed by atoms with Crippen LogP contribution in [0.1, 0.15) is 40.1 Å². The van der Waals surface area contributed by atoms with E-state index in [0.29, 0.717) is 6.54 Å². The first-order valence-corrected chi connectivity index (χ1v) is 11.4. The van der Waals surface area contributed by atoms with Crippen molar-refractivity contribution in [1.82, 2.24) is 15.1 Å². The summed E-state index contributed by atoms with van der Waals surface area (Å²) in [6.07, 6.45) is 3.13. The van der Waals surface area contributed by atoms with Gasteiger partial charge in [0.15, 0.2) is 0 Å². The third-order valence-corrected chi connectivity index (χ3v) is 7.89. The first-order chi connectivity index (χ1) is 13.9. The van der Waals surface area contributed by atoms with Gasteiger partial charge in [-0.3, -0.25) is 9.69 Å². The lowest BCUT2D eigenvalue weighted by atomic mass is 9.80. The number of nitrogens with one attached hydrogen (secondary N) is 1. The van der Waals surface area contributed by atoms with E-state index in [2.05, 4.69) is 54.6 Å². The monoisotopic (exact) mass is 412 g/mol. The molecular weight excluding hydrogens is 380 g/mol. The first kappa shape index (κ1) is 20.5. The van der Waals surface area contributed by atoms with Crippen molar-refractivity contribution in [2.45, 2.75) is 37.8 Å². The van der Waals surface area contributed by atoms with Gasteiger partial charge in [-0.05, 0) is 76.1 Å². The molecule has 1 amide bonds. The fraction of sp³-hybridized carbons (Fsp3) is 0.522. The van der Waals surface area contributed by atoms with Crippen LogP contribution in [0.15, 0.2) is 30.3 Å². The second-order valence-corrected chi connectivity index (χ2v) is 9.73. The van der Waals surface area contributed by atoms with E-state index in [1.807, 2.05) is 11.8 Å². The summed E-state index contributed by atoms with van der Waals surface area (Å²) in [5.74, 6) is 0.129. The quantitative estimate of drug-likeness (QED) is 0.810. The Labute approximate surface area is 177 Å². The average Bonchev–Trinajstić information content (AvgIpc) is 3.34. The molecule has 0 saturated carbocycles. The number of hydrogen-bond donors (Lipinski definition) is 2. The van der Waals surface area contributed by atoms with Crippen LogP contribution < -0.4 is 11.1 Å². The molecule has 0 aliphatic carbocycles. The molecule has 3 heterocycles. The van der Waals surface area contributed by atoms with Crippen LogP contribution in [-0.2, 0) is 5.54 Å². The van der Waals surface area contributed by atoms with Gasteiger partial charge in [-0.15, -0.1) is 11.3 Å². The van der Waals surface area contributed by atoms with E-state index in [9.17, 15) is 4.79 Å². The number of aryl methyl sites for hydroxylation is 1. The molecule has 2 saturated heterocycles. The zero-order chi connectivity index (χ0) is 20.6.